The fourth-order valence-electron chi connectivity index (χ4n) is 5.08. The topological polar surface area (TPSA) is 168 Å². The maximum absolute atomic E-state index is 11.5. The summed E-state index contributed by atoms with van der Waals surface area (Å²) in [7, 11) is 2.36. The van der Waals surface area contributed by atoms with Gasteiger partial charge in [-0.25, -0.2) is 9.59 Å². The summed E-state index contributed by atoms with van der Waals surface area (Å²) in [6.45, 7) is 3.86. The van der Waals surface area contributed by atoms with E-state index in [4.69, 9.17) is 14.9 Å². The number of carbonyl (C=O) groups excluding carboxylic acids is 1. The van der Waals surface area contributed by atoms with Crippen LogP contribution in [0.15, 0.2) is 134 Å². The first-order valence-corrected chi connectivity index (χ1v) is 16.7. The predicted octanol–water partition coefficient (Wildman–Crippen LogP) is 5.24. The summed E-state index contributed by atoms with van der Waals surface area (Å²) >= 11 is 0. The number of hydrogen-bond acceptors (Lipinski definition) is 12. The maximum Gasteiger partial charge on any atom is 0.339 e. The highest BCUT2D eigenvalue weighted by Gasteiger charge is 2.13. The number of rotatable bonds is 14. The van der Waals surface area contributed by atoms with Gasteiger partial charge in [0.15, 0.2) is 0 Å². The van der Waals surface area contributed by atoms with Crippen LogP contribution in [0.4, 0.5) is 0 Å². The lowest BCUT2D eigenvalue weighted by atomic mass is 10.2. The van der Waals surface area contributed by atoms with Crippen LogP contribution in [0.2, 0.25) is 0 Å². The molecule has 0 aliphatic heterocycles. The van der Waals surface area contributed by atoms with Gasteiger partial charge < -0.3 is 14.9 Å². The van der Waals surface area contributed by atoms with Crippen LogP contribution in [0.3, 0.4) is 0 Å². The predicted molar refractivity (Wildman–Crippen MR) is 198 cm³/mol. The quantitative estimate of drug-likeness (QED) is 0.141. The highest BCUT2D eigenvalue weighted by atomic mass is 16.5. The first kappa shape index (κ1) is 39.5. The number of methoxy groups -OCH3 is 1. The second-order valence-corrected chi connectivity index (χ2v) is 11.4. The smallest absolute Gasteiger partial charge is 0.339 e. The molecule has 6 aromatic rings. The minimum Gasteiger partial charge on any atom is -0.478 e. The highest BCUT2D eigenvalue weighted by Crippen LogP contribution is 2.13. The van der Waals surface area contributed by atoms with Gasteiger partial charge >= 0.3 is 11.9 Å². The SMILES string of the molecule is CO.COC(=O)c1ccc(CN(Cc2ccccn2)Cc2ccccn2)nc1.O=C(O)c1ccc(CN(Cc2ccccn2)Cc2ccccn2)nc1. The van der Waals surface area contributed by atoms with Gasteiger partial charge in [-0.3, -0.25) is 39.7 Å². The molecular weight excluding hydrogens is 672 g/mol. The first-order chi connectivity index (χ1) is 25.9. The van der Waals surface area contributed by atoms with Gasteiger partial charge in [0.25, 0.3) is 0 Å². The van der Waals surface area contributed by atoms with Crippen molar-refractivity contribution in [3.63, 3.8) is 0 Å². The Morgan fingerprint density at radius 3 is 1.06 bits per heavy atom. The minimum atomic E-state index is -0.974. The molecule has 0 aliphatic rings. The Hall–Kier alpha value is -6.28. The molecule has 0 saturated heterocycles. The molecule has 2 N–H and O–H groups in total. The minimum absolute atomic E-state index is 0.185. The zero-order valence-corrected chi connectivity index (χ0v) is 29.6. The number of aliphatic hydroxyl groups is 1. The number of carbonyl (C=O) groups is 2. The Bertz CT molecular complexity index is 1840. The third-order valence-electron chi connectivity index (χ3n) is 7.54. The van der Waals surface area contributed by atoms with E-state index in [2.05, 4.69) is 39.7 Å². The fourth-order valence-corrected chi connectivity index (χ4v) is 5.08. The summed E-state index contributed by atoms with van der Waals surface area (Å²) in [5.74, 6) is -1.36. The number of nitrogens with zero attached hydrogens (tertiary/aromatic N) is 8. The van der Waals surface area contributed by atoms with Crippen molar-refractivity contribution in [3.8, 4) is 0 Å². The zero-order chi connectivity index (χ0) is 37.7. The summed E-state index contributed by atoms with van der Waals surface area (Å²) in [5.41, 5.74) is 6.17. The number of hydrogen-bond donors (Lipinski definition) is 2. The van der Waals surface area contributed by atoms with Crippen molar-refractivity contribution >= 4 is 11.9 Å². The number of aromatic carboxylic acids is 1. The molecule has 53 heavy (non-hydrogen) atoms. The third kappa shape index (κ3) is 13.8. The molecule has 13 heteroatoms. The molecule has 6 heterocycles. The second-order valence-electron chi connectivity index (χ2n) is 11.4. The van der Waals surface area contributed by atoms with Crippen molar-refractivity contribution < 1.29 is 24.5 Å². The summed E-state index contributed by atoms with van der Waals surface area (Å²) in [6.07, 6.45) is 10.1. The summed E-state index contributed by atoms with van der Waals surface area (Å²) < 4.78 is 4.71. The molecule has 0 saturated carbocycles. The molecule has 13 nitrogen and oxygen atoms in total. The number of aliphatic hydroxyl groups excluding tert-OH is 1. The number of pyridine rings is 6. The van der Waals surface area contributed by atoms with Crippen LogP contribution in [0.25, 0.3) is 0 Å². The van der Waals surface area contributed by atoms with Crippen LogP contribution in [0.1, 0.15) is 54.9 Å². The van der Waals surface area contributed by atoms with Crippen LogP contribution in [-0.4, -0.2) is 76.1 Å². The average Bonchev–Trinajstić information content (AvgIpc) is 3.20. The largest absolute Gasteiger partial charge is 0.478 e. The van der Waals surface area contributed by atoms with Crippen molar-refractivity contribution in [1.29, 1.82) is 0 Å². The standard InChI is InChI=1S/C20H20N4O2.C19H18N4O2.CH4O/c1-26-20(25)16-8-9-19(23-12-16)15-24(13-17-6-2-4-10-21-17)14-18-7-3-5-11-22-18;24-19(25)15-7-8-18(22-11-15)14-23(12-16-5-1-3-9-20-16)13-17-6-2-4-10-21-17;1-2/h2-12H,13-15H2,1H3;1-11H,12-14H2,(H,24,25);2H,1H3. The van der Waals surface area contributed by atoms with E-state index in [1.165, 1.54) is 13.3 Å². The van der Waals surface area contributed by atoms with Gasteiger partial charge in [-0.2, -0.15) is 0 Å². The van der Waals surface area contributed by atoms with E-state index in [9.17, 15) is 9.59 Å². The fraction of sp³-hybridized carbons (Fsp3) is 0.200. The molecule has 0 aromatic carbocycles. The molecule has 0 atom stereocenters. The van der Waals surface area contributed by atoms with Gasteiger partial charge in [-0.05, 0) is 72.8 Å². The number of esters is 1. The Kier molecular flexibility index (Phi) is 16.3. The van der Waals surface area contributed by atoms with Gasteiger partial charge in [0, 0.05) is 83.6 Å². The molecule has 0 unspecified atom stereocenters. The lowest BCUT2D eigenvalue weighted by Gasteiger charge is -2.21. The van der Waals surface area contributed by atoms with Crippen LogP contribution >= 0.6 is 0 Å². The van der Waals surface area contributed by atoms with E-state index in [0.717, 1.165) is 41.3 Å². The van der Waals surface area contributed by atoms with Crippen LogP contribution in [-0.2, 0) is 44.0 Å². The number of aromatic nitrogens is 6. The van der Waals surface area contributed by atoms with Gasteiger partial charge in [0.1, 0.15) is 0 Å². The third-order valence-corrected chi connectivity index (χ3v) is 7.54. The zero-order valence-electron chi connectivity index (χ0n) is 29.6. The van der Waals surface area contributed by atoms with Crippen molar-refractivity contribution in [2.75, 3.05) is 14.2 Å². The van der Waals surface area contributed by atoms with Crippen molar-refractivity contribution in [2.45, 2.75) is 39.3 Å². The lowest BCUT2D eigenvalue weighted by molar-refractivity contribution is 0.0599. The Labute approximate surface area is 308 Å². The van der Waals surface area contributed by atoms with Crippen molar-refractivity contribution in [2.24, 2.45) is 0 Å². The number of ether oxygens (including phenoxy) is 1. The van der Waals surface area contributed by atoms with Gasteiger partial charge in [0.05, 0.1) is 52.4 Å². The molecule has 6 aromatic heterocycles. The molecular formula is C40H42N8O5. The van der Waals surface area contributed by atoms with E-state index >= 15 is 0 Å². The van der Waals surface area contributed by atoms with E-state index in [0.29, 0.717) is 44.8 Å². The van der Waals surface area contributed by atoms with E-state index in [1.54, 1.807) is 49.2 Å². The van der Waals surface area contributed by atoms with Gasteiger partial charge in [0.2, 0.25) is 0 Å². The maximum atomic E-state index is 11.5. The number of carboxylic acid groups (broad SMARTS) is 1. The monoisotopic (exact) mass is 714 g/mol. The van der Waals surface area contributed by atoms with Crippen LogP contribution in [0.5, 0.6) is 0 Å². The van der Waals surface area contributed by atoms with Gasteiger partial charge in [-0.1, -0.05) is 24.3 Å². The van der Waals surface area contributed by atoms with Gasteiger partial charge in [-0.15, -0.1) is 0 Å². The molecule has 272 valence electrons. The Morgan fingerprint density at radius 2 is 0.811 bits per heavy atom. The van der Waals surface area contributed by atoms with Crippen LogP contribution in [0, 0.1) is 0 Å². The molecule has 0 aliphatic carbocycles. The van der Waals surface area contributed by atoms with Crippen molar-refractivity contribution in [3.05, 3.63) is 180 Å². The number of carboxylic acids is 1. The lowest BCUT2D eigenvalue weighted by Crippen LogP contribution is -2.24. The molecule has 0 radical (unpaired) electrons. The summed E-state index contributed by atoms with van der Waals surface area (Å²) in [4.78, 5) is 53.1. The normalized spacial score (nSPS) is 10.4. The molecule has 6 rings (SSSR count). The highest BCUT2D eigenvalue weighted by molar-refractivity contribution is 5.88. The summed E-state index contributed by atoms with van der Waals surface area (Å²) in [6, 6.07) is 30.3. The second kappa shape index (κ2) is 21.8. The van der Waals surface area contributed by atoms with Crippen molar-refractivity contribution in [1.82, 2.24) is 39.7 Å². The van der Waals surface area contributed by atoms with E-state index in [-0.39, 0.29) is 11.5 Å². The molecule has 0 bridgehead atoms. The summed E-state index contributed by atoms with van der Waals surface area (Å²) in [5, 5.41) is 16.0. The Morgan fingerprint density at radius 1 is 0.491 bits per heavy atom. The van der Waals surface area contributed by atoms with Crippen LogP contribution < -0.4 is 0 Å². The molecule has 0 amide bonds. The average molecular weight is 715 g/mol. The van der Waals surface area contributed by atoms with E-state index in [1.807, 2.05) is 78.9 Å². The molecule has 0 spiro atoms. The van der Waals surface area contributed by atoms with E-state index < -0.39 is 5.97 Å². The first-order valence-electron chi connectivity index (χ1n) is 16.7. The Balaban J connectivity index is 0.000000226. The molecule has 0 fully saturated rings.